The van der Waals surface area contributed by atoms with Crippen molar-refractivity contribution in [2.45, 2.75) is 38.0 Å². The highest BCUT2D eigenvalue weighted by Gasteiger charge is 2.17. The number of furan rings is 1. The molecule has 2 aromatic rings. The van der Waals surface area contributed by atoms with E-state index in [2.05, 4.69) is 24.1 Å². The van der Waals surface area contributed by atoms with Gasteiger partial charge < -0.3 is 4.42 Å². The Balaban J connectivity index is 2.07. The zero-order valence-corrected chi connectivity index (χ0v) is 14.1. The first-order valence-electron chi connectivity index (χ1n) is 7.31. The van der Waals surface area contributed by atoms with Gasteiger partial charge in [-0.2, -0.15) is 0 Å². The van der Waals surface area contributed by atoms with Crippen molar-refractivity contribution in [2.75, 3.05) is 0 Å². The van der Waals surface area contributed by atoms with Crippen molar-refractivity contribution in [3.63, 3.8) is 0 Å². The Morgan fingerprint density at radius 1 is 1.22 bits per heavy atom. The van der Waals surface area contributed by atoms with E-state index in [-0.39, 0.29) is 10.5 Å². The summed E-state index contributed by atoms with van der Waals surface area (Å²) in [5.74, 6) is 0.208. The van der Waals surface area contributed by atoms with Crippen molar-refractivity contribution in [1.82, 2.24) is 10.3 Å². The van der Waals surface area contributed by atoms with Gasteiger partial charge in [0.2, 0.25) is 0 Å². The van der Waals surface area contributed by atoms with Gasteiger partial charge >= 0.3 is 0 Å². The number of aryl methyl sites for hydroxylation is 1. The molecular formula is C16H20N2O4S. The minimum atomic E-state index is -3.82. The fraction of sp³-hybridized carbons (Fsp3) is 0.312. The molecule has 1 atom stereocenters. The van der Waals surface area contributed by atoms with Gasteiger partial charge in [-0.3, -0.25) is 10.2 Å². The lowest BCUT2D eigenvalue weighted by Crippen LogP contribution is -2.41. The van der Waals surface area contributed by atoms with Crippen LogP contribution in [0.15, 0.2) is 45.9 Å². The van der Waals surface area contributed by atoms with E-state index in [1.807, 2.05) is 0 Å². The van der Waals surface area contributed by atoms with Crippen LogP contribution in [0, 0.1) is 6.92 Å². The fourth-order valence-corrected chi connectivity index (χ4v) is 2.91. The lowest BCUT2D eigenvalue weighted by Gasteiger charge is -2.11. The minimum Gasteiger partial charge on any atom is -0.469 e. The predicted octanol–water partition coefficient (Wildman–Crippen LogP) is 2.72. The quantitative estimate of drug-likeness (QED) is 0.794. The Hall–Kier alpha value is -2.12. The molecule has 1 heterocycles. The largest absolute Gasteiger partial charge is 0.469 e. The molecule has 6 nitrogen and oxygen atoms in total. The third kappa shape index (κ3) is 4.00. The molecule has 7 heteroatoms. The number of carbonyl (C=O) groups is 1. The Bertz CT molecular complexity index is 779. The summed E-state index contributed by atoms with van der Waals surface area (Å²) in [6.07, 6.45) is 2.34. The van der Waals surface area contributed by atoms with Crippen LogP contribution in [-0.4, -0.2) is 14.3 Å². The molecule has 0 fully saturated rings. The molecule has 23 heavy (non-hydrogen) atoms. The molecule has 0 unspecified atom stereocenters. The monoisotopic (exact) mass is 336 g/mol. The van der Waals surface area contributed by atoms with Crippen molar-refractivity contribution >= 4 is 15.9 Å². The molecule has 0 saturated heterocycles. The first kappa shape index (κ1) is 17.2. The maximum Gasteiger partial charge on any atom is 0.269 e. The third-order valence-electron chi connectivity index (χ3n) is 3.77. The van der Waals surface area contributed by atoms with Crippen LogP contribution in [0.1, 0.15) is 47.9 Å². The Kier molecular flexibility index (Phi) is 5.23. The van der Waals surface area contributed by atoms with E-state index in [1.165, 1.54) is 24.5 Å². The van der Waals surface area contributed by atoms with Crippen molar-refractivity contribution in [3.8, 4) is 0 Å². The SMILES string of the molecule is CC[C@H](C)c1ccc(S(=O)(=O)NNC(=O)c2ccoc2C)cc1. The Labute approximate surface area is 135 Å². The van der Waals surface area contributed by atoms with E-state index in [4.69, 9.17) is 4.42 Å². The van der Waals surface area contributed by atoms with Crippen molar-refractivity contribution < 1.29 is 17.6 Å². The lowest BCUT2D eigenvalue weighted by atomic mass is 9.99. The molecule has 0 aliphatic rings. The molecule has 0 aliphatic carbocycles. The second kappa shape index (κ2) is 6.97. The van der Waals surface area contributed by atoms with E-state index in [1.54, 1.807) is 19.1 Å². The number of benzene rings is 1. The summed E-state index contributed by atoms with van der Waals surface area (Å²) in [5, 5.41) is 0. The van der Waals surface area contributed by atoms with Crippen molar-refractivity contribution in [2.24, 2.45) is 0 Å². The van der Waals surface area contributed by atoms with Crippen LogP contribution >= 0.6 is 0 Å². The highest BCUT2D eigenvalue weighted by molar-refractivity contribution is 7.89. The second-order valence-electron chi connectivity index (χ2n) is 5.33. The van der Waals surface area contributed by atoms with Gasteiger partial charge in [-0.15, -0.1) is 4.83 Å². The van der Waals surface area contributed by atoms with Gasteiger partial charge in [0, 0.05) is 0 Å². The van der Waals surface area contributed by atoms with Crippen LogP contribution in [-0.2, 0) is 10.0 Å². The fourth-order valence-electron chi connectivity index (χ4n) is 2.07. The van der Waals surface area contributed by atoms with E-state index in [0.717, 1.165) is 12.0 Å². The van der Waals surface area contributed by atoms with Gasteiger partial charge in [-0.25, -0.2) is 8.42 Å². The summed E-state index contributed by atoms with van der Waals surface area (Å²) in [7, 11) is -3.82. The van der Waals surface area contributed by atoms with Gasteiger partial charge in [0.05, 0.1) is 16.7 Å². The predicted molar refractivity (Wildman–Crippen MR) is 86.4 cm³/mol. The molecule has 1 amide bonds. The van der Waals surface area contributed by atoms with E-state index in [0.29, 0.717) is 11.7 Å². The molecule has 1 aromatic heterocycles. The molecule has 0 radical (unpaired) electrons. The van der Waals surface area contributed by atoms with Crippen LogP contribution in [0.3, 0.4) is 0 Å². The average Bonchev–Trinajstić information content (AvgIpc) is 2.98. The smallest absolute Gasteiger partial charge is 0.269 e. The molecule has 0 aliphatic heterocycles. The summed E-state index contributed by atoms with van der Waals surface area (Å²) < 4.78 is 29.4. The Morgan fingerprint density at radius 2 is 1.87 bits per heavy atom. The van der Waals surface area contributed by atoms with Gasteiger partial charge in [0.15, 0.2) is 0 Å². The molecule has 124 valence electrons. The van der Waals surface area contributed by atoms with Crippen molar-refractivity contribution in [1.29, 1.82) is 0 Å². The van der Waals surface area contributed by atoms with Gasteiger partial charge in [-0.05, 0) is 43.0 Å². The maximum atomic E-state index is 12.2. The highest BCUT2D eigenvalue weighted by Crippen LogP contribution is 2.20. The molecule has 0 saturated carbocycles. The standard InChI is InChI=1S/C16H20N2O4S/c1-4-11(2)13-5-7-14(8-6-13)23(20,21)18-17-16(19)15-9-10-22-12(15)3/h5-11,18H,4H2,1-3H3,(H,17,19)/t11-/m0/s1. The normalized spacial score (nSPS) is 12.8. The van der Waals surface area contributed by atoms with Crippen LogP contribution < -0.4 is 10.3 Å². The Morgan fingerprint density at radius 3 is 2.39 bits per heavy atom. The molecule has 0 bridgehead atoms. The summed E-state index contributed by atoms with van der Waals surface area (Å²) in [4.78, 5) is 14.1. The number of nitrogens with one attached hydrogen (secondary N) is 2. The lowest BCUT2D eigenvalue weighted by molar-refractivity contribution is 0.0943. The van der Waals surface area contributed by atoms with Gasteiger partial charge in [-0.1, -0.05) is 26.0 Å². The molecular weight excluding hydrogens is 316 g/mol. The van der Waals surface area contributed by atoms with Crippen LogP contribution in [0.4, 0.5) is 0 Å². The zero-order valence-electron chi connectivity index (χ0n) is 13.3. The molecule has 2 rings (SSSR count). The number of hydrazine groups is 1. The topological polar surface area (TPSA) is 88.4 Å². The van der Waals surface area contributed by atoms with E-state index >= 15 is 0 Å². The van der Waals surface area contributed by atoms with Crippen molar-refractivity contribution in [3.05, 3.63) is 53.5 Å². The summed E-state index contributed by atoms with van der Waals surface area (Å²) >= 11 is 0. The first-order chi connectivity index (χ1) is 10.8. The summed E-state index contributed by atoms with van der Waals surface area (Å²) in [6.45, 7) is 5.77. The van der Waals surface area contributed by atoms with Gasteiger partial charge in [0.25, 0.3) is 15.9 Å². The van der Waals surface area contributed by atoms with Crippen LogP contribution in [0.25, 0.3) is 0 Å². The van der Waals surface area contributed by atoms with Crippen LogP contribution in [0.5, 0.6) is 0 Å². The number of amides is 1. The second-order valence-corrected chi connectivity index (χ2v) is 7.01. The number of hydrogen-bond donors (Lipinski definition) is 2. The number of rotatable bonds is 6. The number of hydrogen-bond acceptors (Lipinski definition) is 4. The maximum absolute atomic E-state index is 12.2. The average molecular weight is 336 g/mol. The molecule has 1 aromatic carbocycles. The highest BCUT2D eigenvalue weighted by atomic mass is 32.2. The van der Waals surface area contributed by atoms with Crippen LogP contribution in [0.2, 0.25) is 0 Å². The number of carbonyl (C=O) groups excluding carboxylic acids is 1. The first-order valence-corrected chi connectivity index (χ1v) is 8.79. The number of sulfonamides is 1. The van der Waals surface area contributed by atoms with E-state index < -0.39 is 15.9 Å². The zero-order chi connectivity index (χ0) is 17.0. The third-order valence-corrected chi connectivity index (χ3v) is 5.04. The van der Waals surface area contributed by atoms with E-state index in [9.17, 15) is 13.2 Å². The molecule has 0 spiro atoms. The summed E-state index contributed by atoms with van der Waals surface area (Å²) in [6, 6.07) is 8.09. The summed E-state index contributed by atoms with van der Waals surface area (Å²) in [5.41, 5.74) is 3.53. The molecule has 2 N–H and O–H groups in total. The van der Waals surface area contributed by atoms with Gasteiger partial charge in [0.1, 0.15) is 5.76 Å². The minimum absolute atomic E-state index is 0.0915.